The van der Waals surface area contributed by atoms with Gasteiger partial charge in [0.15, 0.2) is 5.82 Å². The zero-order valence-corrected chi connectivity index (χ0v) is 23.6. The van der Waals surface area contributed by atoms with E-state index >= 15 is 0 Å². The second kappa shape index (κ2) is 13.1. The lowest BCUT2D eigenvalue weighted by Gasteiger charge is -2.36. The lowest BCUT2D eigenvalue weighted by Crippen LogP contribution is -2.52. The Morgan fingerprint density at radius 3 is 1.98 bits per heavy atom. The smallest absolute Gasteiger partial charge is 0.254 e. The molecular weight excluding hydrogens is 537 g/mol. The fourth-order valence-electron chi connectivity index (χ4n) is 4.78. The van der Waals surface area contributed by atoms with Crippen LogP contribution < -0.4 is 14.4 Å². The van der Waals surface area contributed by atoms with Gasteiger partial charge in [0.25, 0.3) is 5.91 Å². The van der Waals surface area contributed by atoms with Crippen molar-refractivity contribution in [2.24, 2.45) is 0 Å². The fraction of sp³-hybridized carbons (Fsp3) is 0.250. The predicted molar refractivity (Wildman–Crippen MR) is 157 cm³/mol. The summed E-state index contributed by atoms with van der Waals surface area (Å²) in [6, 6.07) is 24.2. The van der Waals surface area contributed by atoms with Gasteiger partial charge in [0.2, 0.25) is 5.91 Å². The van der Waals surface area contributed by atoms with E-state index in [0.717, 1.165) is 28.4 Å². The van der Waals surface area contributed by atoms with Crippen molar-refractivity contribution in [3.8, 4) is 22.8 Å². The van der Waals surface area contributed by atoms with E-state index in [4.69, 9.17) is 9.47 Å². The maximum Gasteiger partial charge on any atom is 0.254 e. The predicted octanol–water partition coefficient (Wildman–Crippen LogP) is 4.29. The molecule has 0 N–H and O–H groups in total. The van der Waals surface area contributed by atoms with Crippen LogP contribution in [0.2, 0.25) is 0 Å². The van der Waals surface area contributed by atoms with Crippen LogP contribution in [-0.2, 0) is 11.3 Å². The topological polar surface area (TPSA) is 88.1 Å². The van der Waals surface area contributed by atoms with E-state index in [1.165, 1.54) is 17.0 Å². The summed E-state index contributed by atoms with van der Waals surface area (Å²) in [7, 11) is 3.18. The second-order valence-electron chi connectivity index (χ2n) is 9.89. The Balaban J connectivity index is 1.22. The first kappa shape index (κ1) is 28.5. The van der Waals surface area contributed by atoms with Crippen LogP contribution in [0.15, 0.2) is 84.9 Å². The van der Waals surface area contributed by atoms with E-state index in [1.807, 2.05) is 36.4 Å². The molecule has 1 aliphatic rings. The van der Waals surface area contributed by atoms with Crippen LogP contribution in [0.1, 0.15) is 15.9 Å². The highest BCUT2D eigenvalue weighted by molar-refractivity contribution is 5.96. The summed E-state index contributed by atoms with van der Waals surface area (Å²) in [6.45, 7) is 2.23. The van der Waals surface area contributed by atoms with Gasteiger partial charge in [-0.15, -0.1) is 10.2 Å². The first-order chi connectivity index (χ1) is 20.4. The summed E-state index contributed by atoms with van der Waals surface area (Å²) < 4.78 is 23.9. The fourth-order valence-corrected chi connectivity index (χ4v) is 4.78. The van der Waals surface area contributed by atoms with Crippen molar-refractivity contribution in [2.75, 3.05) is 51.8 Å². The van der Waals surface area contributed by atoms with Crippen LogP contribution in [0.25, 0.3) is 11.3 Å². The van der Waals surface area contributed by atoms with Gasteiger partial charge in [0.05, 0.1) is 19.9 Å². The van der Waals surface area contributed by atoms with E-state index in [0.29, 0.717) is 37.5 Å². The molecule has 2 heterocycles. The largest absolute Gasteiger partial charge is 0.497 e. The summed E-state index contributed by atoms with van der Waals surface area (Å²) >= 11 is 0. The second-order valence-corrected chi connectivity index (χ2v) is 9.89. The standard InChI is InChI=1S/C32H32FN5O4/c1-41-27-11-5-24(6-12-27)29-15-16-30(35-34-29)36-17-19-37(20-18-36)31(39)22-38(21-23-3-9-26(33)10-4-23)32(40)25-7-13-28(42-2)14-8-25/h3-16H,17-22H2,1-2H3. The van der Waals surface area contributed by atoms with Crippen LogP contribution in [0, 0.1) is 5.82 Å². The number of hydrogen-bond acceptors (Lipinski definition) is 7. The Kier molecular flexibility index (Phi) is 8.91. The van der Waals surface area contributed by atoms with Gasteiger partial charge in [-0.05, 0) is 78.4 Å². The molecule has 216 valence electrons. The molecule has 1 aromatic heterocycles. The molecule has 4 aromatic rings. The number of rotatable bonds is 9. The van der Waals surface area contributed by atoms with Gasteiger partial charge in [-0.3, -0.25) is 9.59 Å². The summed E-state index contributed by atoms with van der Waals surface area (Å²) in [5.41, 5.74) is 2.87. The van der Waals surface area contributed by atoms with Crippen LogP contribution in [0.3, 0.4) is 0 Å². The van der Waals surface area contributed by atoms with Crippen LogP contribution >= 0.6 is 0 Å². The molecule has 1 aliphatic heterocycles. The third kappa shape index (κ3) is 6.83. The molecule has 1 fully saturated rings. The lowest BCUT2D eigenvalue weighted by atomic mass is 10.1. The normalized spacial score (nSPS) is 13.0. The molecule has 0 spiro atoms. The third-order valence-electron chi connectivity index (χ3n) is 7.23. The molecule has 0 bridgehead atoms. The van der Waals surface area contributed by atoms with E-state index < -0.39 is 0 Å². The van der Waals surface area contributed by atoms with E-state index in [1.54, 1.807) is 55.5 Å². The number of amides is 2. The molecular formula is C32H32FN5O4. The SMILES string of the molecule is COc1ccc(C(=O)N(CC(=O)N2CCN(c3ccc(-c4ccc(OC)cc4)nn3)CC2)Cc2ccc(F)cc2)cc1. The Bertz CT molecular complexity index is 1490. The summed E-state index contributed by atoms with van der Waals surface area (Å²) in [4.78, 5) is 32.2. The average Bonchev–Trinajstić information content (AvgIpc) is 3.05. The lowest BCUT2D eigenvalue weighted by molar-refractivity contribution is -0.132. The Morgan fingerprint density at radius 1 is 0.786 bits per heavy atom. The molecule has 10 heteroatoms. The zero-order chi connectivity index (χ0) is 29.5. The van der Waals surface area contributed by atoms with Crippen molar-refractivity contribution in [1.82, 2.24) is 20.0 Å². The monoisotopic (exact) mass is 569 g/mol. The van der Waals surface area contributed by atoms with E-state index in [9.17, 15) is 14.0 Å². The number of methoxy groups -OCH3 is 2. The maximum atomic E-state index is 13.5. The van der Waals surface area contributed by atoms with Crippen LogP contribution in [-0.4, -0.2) is 78.8 Å². The summed E-state index contributed by atoms with van der Waals surface area (Å²) in [5.74, 6) is 1.35. The average molecular weight is 570 g/mol. The summed E-state index contributed by atoms with van der Waals surface area (Å²) in [5, 5.41) is 8.80. The quantitative estimate of drug-likeness (QED) is 0.297. The number of benzene rings is 3. The summed E-state index contributed by atoms with van der Waals surface area (Å²) in [6.07, 6.45) is 0. The number of halogens is 1. The number of anilines is 1. The molecule has 42 heavy (non-hydrogen) atoms. The van der Waals surface area contributed by atoms with Crippen molar-refractivity contribution in [3.05, 3.63) is 102 Å². The molecule has 0 radical (unpaired) electrons. The van der Waals surface area contributed by atoms with Gasteiger partial charge in [-0.25, -0.2) is 4.39 Å². The molecule has 3 aromatic carbocycles. The number of nitrogens with zero attached hydrogens (tertiary/aromatic N) is 5. The number of aromatic nitrogens is 2. The molecule has 0 aliphatic carbocycles. The third-order valence-corrected chi connectivity index (χ3v) is 7.23. The van der Waals surface area contributed by atoms with Gasteiger partial charge in [0.1, 0.15) is 23.9 Å². The van der Waals surface area contributed by atoms with E-state index in [-0.39, 0.29) is 30.7 Å². The number of carbonyl (C=O) groups is 2. The van der Waals surface area contributed by atoms with Crippen LogP contribution in [0.4, 0.5) is 10.2 Å². The zero-order valence-electron chi connectivity index (χ0n) is 23.6. The van der Waals surface area contributed by atoms with Gasteiger partial charge in [-0.2, -0.15) is 0 Å². The first-order valence-corrected chi connectivity index (χ1v) is 13.6. The number of hydrogen-bond donors (Lipinski definition) is 0. The van der Waals surface area contributed by atoms with Crippen molar-refractivity contribution < 1.29 is 23.5 Å². The highest BCUT2D eigenvalue weighted by Crippen LogP contribution is 2.22. The van der Waals surface area contributed by atoms with Crippen molar-refractivity contribution in [3.63, 3.8) is 0 Å². The molecule has 1 saturated heterocycles. The van der Waals surface area contributed by atoms with Gasteiger partial charge < -0.3 is 24.2 Å². The van der Waals surface area contributed by atoms with Crippen molar-refractivity contribution in [1.29, 1.82) is 0 Å². The Labute approximate surface area is 244 Å². The Morgan fingerprint density at radius 2 is 1.40 bits per heavy atom. The van der Waals surface area contributed by atoms with E-state index in [2.05, 4.69) is 15.1 Å². The molecule has 0 atom stereocenters. The highest BCUT2D eigenvalue weighted by atomic mass is 19.1. The minimum Gasteiger partial charge on any atom is -0.497 e. The van der Waals surface area contributed by atoms with Gasteiger partial charge in [-0.1, -0.05) is 12.1 Å². The van der Waals surface area contributed by atoms with Gasteiger partial charge >= 0.3 is 0 Å². The number of carbonyl (C=O) groups excluding carboxylic acids is 2. The molecule has 9 nitrogen and oxygen atoms in total. The number of piperazine rings is 1. The van der Waals surface area contributed by atoms with Crippen molar-refractivity contribution >= 4 is 17.6 Å². The molecule has 0 unspecified atom stereocenters. The Hall–Kier alpha value is -4.99. The minimum absolute atomic E-state index is 0.0986. The molecule has 0 saturated carbocycles. The molecule has 5 rings (SSSR count). The maximum absolute atomic E-state index is 13.5. The van der Waals surface area contributed by atoms with Crippen LogP contribution in [0.5, 0.6) is 11.5 Å². The van der Waals surface area contributed by atoms with Gasteiger partial charge in [0, 0.05) is 43.9 Å². The highest BCUT2D eigenvalue weighted by Gasteiger charge is 2.26. The minimum atomic E-state index is -0.360. The first-order valence-electron chi connectivity index (χ1n) is 13.6. The number of ether oxygens (including phenoxy) is 2. The van der Waals surface area contributed by atoms with Crippen molar-refractivity contribution in [2.45, 2.75) is 6.54 Å². The molecule has 2 amide bonds.